The highest BCUT2D eigenvalue weighted by Gasteiger charge is 2.28. The van der Waals surface area contributed by atoms with Gasteiger partial charge in [-0.05, 0) is 25.3 Å². The quantitative estimate of drug-likeness (QED) is 0.777. The van der Waals surface area contributed by atoms with Gasteiger partial charge in [-0.25, -0.2) is 17.9 Å². The second-order valence-electron chi connectivity index (χ2n) is 3.67. The van der Waals surface area contributed by atoms with Gasteiger partial charge < -0.3 is 9.47 Å². The summed E-state index contributed by atoms with van der Waals surface area (Å²) in [6, 6.07) is 1.23. The zero-order valence-corrected chi connectivity index (χ0v) is 12.8. The standard InChI is InChI=1S/C11H15NO6S2/c1-4-18-7(2)10(13)12-20(15,16)8-5-6-19-9(8)11(14)17-3/h5-7H,4H2,1-3H3,(H,12,13)/t7-/m1/s1. The normalized spacial score (nSPS) is 12.8. The van der Waals surface area contributed by atoms with Gasteiger partial charge in [-0.15, -0.1) is 11.3 Å². The van der Waals surface area contributed by atoms with E-state index in [4.69, 9.17) is 4.74 Å². The Morgan fingerprint density at radius 3 is 2.65 bits per heavy atom. The van der Waals surface area contributed by atoms with Crippen LogP contribution in [0, 0.1) is 0 Å². The Kier molecular flexibility index (Phi) is 5.66. The van der Waals surface area contributed by atoms with E-state index in [1.165, 1.54) is 18.4 Å². The number of ether oxygens (including phenoxy) is 2. The SMILES string of the molecule is CCO[C@H](C)C(=O)NS(=O)(=O)c1ccsc1C(=O)OC. The molecule has 7 nitrogen and oxygen atoms in total. The lowest BCUT2D eigenvalue weighted by atomic mass is 10.4. The Labute approximate surface area is 120 Å². The van der Waals surface area contributed by atoms with Crippen LogP contribution in [0.25, 0.3) is 0 Å². The van der Waals surface area contributed by atoms with Crippen LogP contribution in [-0.4, -0.2) is 40.1 Å². The molecule has 112 valence electrons. The first-order valence-electron chi connectivity index (χ1n) is 5.67. The molecule has 9 heteroatoms. The molecule has 0 unspecified atom stereocenters. The Balaban J connectivity index is 2.98. The summed E-state index contributed by atoms with van der Waals surface area (Å²) in [5.41, 5.74) is 0. The Morgan fingerprint density at radius 1 is 1.45 bits per heavy atom. The van der Waals surface area contributed by atoms with Crippen molar-refractivity contribution >= 4 is 33.2 Å². The lowest BCUT2D eigenvalue weighted by Crippen LogP contribution is -2.38. The number of esters is 1. The first kappa shape index (κ1) is 16.6. The van der Waals surface area contributed by atoms with Crippen molar-refractivity contribution in [3.05, 3.63) is 16.3 Å². The van der Waals surface area contributed by atoms with Crippen molar-refractivity contribution in [2.45, 2.75) is 24.8 Å². The molecule has 0 spiro atoms. The molecule has 0 saturated heterocycles. The third-order valence-electron chi connectivity index (χ3n) is 2.31. The number of hydrogen-bond donors (Lipinski definition) is 1. The van der Waals surface area contributed by atoms with Crippen LogP contribution < -0.4 is 4.72 Å². The highest BCUT2D eigenvalue weighted by atomic mass is 32.2. The van der Waals surface area contributed by atoms with Gasteiger partial charge >= 0.3 is 5.97 Å². The minimum absolute atomic E-state index is 0.0862. The molecule has 0 aliphatic heterocycles. The van der Waals surface area contributed by atoms with E-state index in [0.717, 1.165) is 18.4 Å². The van der Waals surface area contributed by atoms with Gasteiger partial charge in [0, 0.05) is 6.61 Å². The molecule has 20 heavy (non-hydrogen) atoms. The van der Waals surface area contributed by atoms with Crippen LogP contribution in [0.4, 0.5) is 0 Å². The number of amides is 1. The summed E-state index contributed by atoms with van der Waals surface area (Å²) in [6.45, 7) is 3.40. The molecule has 1 rings (SSSR count). The van der Waals surface area contributed by atoms with E-state index >= 15 is 0 Å². The van der Waals surface area contributed by atoms with Crippen LogP contribution in [0.1, 0.15) is 23.5 Å². The molecular formula is C11H15NO6S2. The van der Waals surface area contributed by atoms with Crippen molar-refractivity contribution < 1.29 is 27.5 Å². The zero-order valence-electron chi connectivity index (χ0n) is 11.2. The molecule has 0 bridgehead atoms. The third-order valence-corrected chi connectivity index (χ3v) is 4.72. The van der Waals surface area contributed by atoms with Crippen LogP contribution in [0.3, 0.4) is 0 Å². The molecular weight excluding hydrogens is 306 g/mol. The van der Waals surface area contributed by atoms with Crippen LogP contribution in [0.5, 0.6) is 0 Å². The lowest BCUT2D eigenvalue weighted by Gasteiger charge is -2.12. The number of nitrogens with one attached hydrogen (secondary N) is 1. The Bertz CT molecular complexity index is 592. The van der Waals surface area contributed by atoms with E-state index in [0.29, 0.717) is 0 Å². The fraction of sp³-hybridized carbons (Fsp3) is 0.455. The maximum Gasteiger partial charge on any atom is 0.349 e. The van der Waals surface area contributed by atoms with E-state index in [1.807, 2.05) is 4.72 Å². The zero-order chi connectivity index (χ0) is 15.3. The monoisotopic (exact) mass is 321 g/mol. The molecule has 0 saturated carbocycles. The van der Waals surface area contributed by atoms with Crippen LogP contribution >= 0.6 is 11.3 Å². The van der Waals surface area contributed by atoms with E-state index in [-0.39, 0.29) is 16.4 Å². The van der Waals surface area contributed by atoms with Gasteiger partial charge in [0.05, 0.1) is 7.11 Å². The number of carbonyl (C=O) groups excluding carboxylic acids is 2. The lowest BCUT2D eigenvalue weighted by molar-refractivity contribution is -0.129. The summed E-state index contributed by atoms with van der Waals surface area (Å²) in [4.78, 5) is 22.7. The summed E-state index contributed by atoms with van der Waals surface area (Å²) in [7, 11) is -2.99. The second-order valence-corrected chi connectivity index (χ2v) is 6.24. The third kappa shape index (κ3) is 3.78. The highest BCUT2D eigenvalue weighted by Crippen LogP contribution is 2.22. The largest absolute Gasteiger partial charge is 0.465 e. The summed E-state index contributed by atoms with van der Waals surface area (Å²) < 4.78 is 35.5. The summed E-state index contributed by atoms with van der Waals surface area (Å²) >= 11 is 0.919. The average Bonchev–Trinajstić information content (AvgIpc) is 2.87. The number of thiophene rings is 1. The van der Waals surface area contributed by atoms with Crippen molar-refractivity contribution in [1.29, 1.82) is 0 Å². The first-order chi connectivity index (χ1) is 9.33. The van der Waals surface area contributed by atoms with Gasteiger partial charge in [0.1, 0.15) is 15.9 Å². The van der Waals surface area contributed by atoms with Crippen molar-refractivity contribution in [2.75, 3.05) is 13.7 Å². The molecule has 0 aromatic carbocycles. The van der Waals surface area contributed by atoms with E-state index in [9.17, 15) is 18.0 Å². The number of carbonyl (C=O) groups is 2. The molecule has 0 radical (unpaired) electrons. The second kappa shape index (κ2) is 6.82. The molecule has 1 aromatic rings. The summed E-state index contributed by atoms with van der Waals surface area (Å²) in [5.74, 6) is -1.57. The minimum Gasteiger partial charge on any atom is -0.465 e. The van der Waals surface area contributed by atoms with Crippen molar-refractivity contribution in [2.24, 2.45) is 0 Å². The number of rotatable bonds is 6. The number of methoxy groups -OCH3 is 1. The predicted molar refractivity (Wildman–Crippen MR) is 72.1 cm³/mol. The molecule has 0 aliphatic rings. The van der Waals surface area contributed by atoms with Crippen LogP contribution in [0.2, 0.25) is 0 Å². The molecule has 0 aliphatic carbocycles. The average molecular weight is 321 g/mol. The van der Waals surface area contributed by atoms with Gasteiger partial charge in [-0.3, -0.25) is 4.79 Å². The van der Waals surface area contributed by atoms with Crippen molar-refractivity contribution in [3.8, 4) is 0 Å². The topological polar surface area (TPSA) is 98.8 Å². The van der Waals surface area contributed by atoms with Crippen LogP contribution in [0.15, 0.2) is 16.3 Å². The van der Waals surface area contributed by atoms with E-state index in [1.54, 1.807) is 6.92 Å². The first-order valence-corrected chi connectivity index (χ1v) is 8.03. The Morgan fingerprint density at radius 2 is 2.10 bits per heavy atom. The molecule has 1 N–H and O–H groups in total. The predicted octanol–water partition coefficient (Wildman–Crippen LogP) is 0.765. The van der Waals surface area contributed by atoms with Gasteiger partial charge in [0.15, 0.2) is 0 Å². The fourth-order valence-electron chi connectivity index (χ4n) is 1.35. The highest BCUT2D eigenvalue weighted by molar-refractivity contribution is 7.90. The minimum atomic E-state index is -4.14. The maximum absolute atomic E-state index is 12.1. The van der Waals surface area contributed by atoms with Crippen molar-refractivity contribution in [3.63, 3.8) is 0 Å². The van der Waals surface area contributed by atoms with Gasteiger partial charge in [-0.2, -0.15) is 0 Å². The van der Waals surface area contributed by atoms with Gasteiger partial charge in [-0.1, -0.05) is 0 Å². The molecule has 1 aromatic heterocycles. The van der Waals surface area contributed by atoms with Gasteiger partial charge in [0.2, 0.25) is 0 Å². The van der Waals surface area contributed by atoms with E-state index < -0.39 is 28.0 Å². The fourth-order valence-corrected chi connectivity index (χ4v) is 3.73. The Hall–Kier alpha value is -1.45. The van der Waals surface area contributed by atoms with Gasteiger partial charge in [0.25, 0.3) is 15.9 Å². The molecule has 1 atom stereocenters. The number of sulfonamides is 1. The molecule has 0 fully saturated rings. The molecule has 1 amide bonds. The summed E-state index contributed by atoms with van der Waals surface area (Å²) in [6.07, 6.45) is -0.907. The van der Waals surface area contributed by atoms with Crippen molar-refractivity contribution in [1.82, 2.24) is 4.72 Å². The smallest absolute Gasteiger partial charge is 0.349 e. The van der Waals surface area contributed by atoms with Crippen LogP contribution in [-0.2, 0) is 24.3 Å². The summed E-state index contributed by atoms with van der Waals surface area (Å²) in [5, 5.41) is 1.43. The molecule has 1 heterocycles. The maximum atomic E-state index is 12.1. The number of hydrogen-bond acceptors (Lipinski definition) is 7. The van der Waals surface area contributed by atoms with E-state index in [2.05, 4.69) is 4.74 Å².